The maximum atomic E-state index is 12.5. The Morgan fingerprint density at radius 2 is 2.05 bits per heavy atom. The molecule has 3 nitrogen and oxygen atoms in total. The molecule has 1 fully saturated rings. The summed E-state index contributed by atoms with van der Waals surface area (Å²) < 4.78 is 0. The molecule has 1 unspecified atom stereocenters. The lowest BCUT2D eigenvalue weighted by Gasteiger charge is -2.26. The molecule has 4 heteroatoms. The molecule has 1 heterocycles. The van der Waals surface area contributed by atoms with Gasteiger partial charge in [-0.1, -0.05) is 23.7 Å². The molecule has 0 saturated carbocycles. The summed E-state index contributed by atoms with van der Waals surface area (Å²) >= 11 is 5.95. The quantitative estimate of drug-likeness (QED) is 0.795. The normalized spacial score (nSPS) is 19.9. The van der Waals surface area contributed by atoms with Gasteiger partial charge in [-0.25, -0.2) is 0 Å². The van der Waals surface area contributed by atoms with Gasteiger partial charge in [-0.05, 0) is 39.1 Å². The van der Waals surface area contributed by atoms with E-state index < -0.39 is 0 Å². The average Bonchev–Trinajstić information content (AvgIpc) is 2.62. The molecule has 1 atom stereocenters. The van der Waals surface area contributed by atoms with E-state index in [9.17, 15) is 4.79 Å². The molecule has 0 radical (unpaired) electrons. The Bertz CT molecular complexity index is 450. The van der Waals surface area contributed by atoms with E-state index in [2.05, 4.69) is 16.8 Å². The van der Waals surface area contributed by atoms with Crippen LogP contribution in [0.3, 0.4) is 0 Å². The smallest absolute Gasteiger partial charge is 0.179 e. The first-order valence-electron chi connectivity index (χ1n) is 6.80. The number of carbonyl (C=O) groups is 1. The summed E-state index contributed by atoms with van der Waals surface area (Å²) in [5.41, 5.74) is 0.706. The second-order valence-corrected chi connectivity index (χ2v) is 5.68. The number of benzene rings is 1. The van der Waals surface area contributed by atoms with Gasteiger partial charge >= 0.3 is 0 Å². The predicted octanol–water partition coefficient (Wildman–Crippen LogP) is 2.55. The van der Waals surface area contributed by atoms with Crippen molar-refractivity contribution >= 4 is 17.4 Å². The molecular formula is C15H21ClN2O. The molecule has 1 aliphatic rings. The summed E-state index contributed by atoms with van der Waals surface area (Å²) in [6.07, 6.45) is 1.11. The fourth-order valence-electron chi connectivity index (χ4n) is 2.50. The third kappa shape index (κ3) is 3.78. The Kier molecular flexibility index (Phi) is 4.97. The highest BCUT2D eigenvalue weighted by atomic mass is 35.5. The van der Waals surface area contributed by atoms with Crippen LogP contribution in [0, 0.1) is 0 Å². The monoisotopic (exact) mass is 280 g/mol. The molecule has 0 aromatic heterocycles. The zero-order valence-corrected chi connectivity index (χ0v) is 12.4. The number of rotatable bonds is 3. The van der Waals surface area contributed by atoms with Crippen molar-refractivity contribution in [2.75, 3.05) is 33.2 Å². The zero-order chi connectivity index (χ0) is 13.8. The SMILES string of the molecule is CC(C(=O)c1cccc(Cl)c1)N1CCCN(C)CC1. The van der Waals surface area contributed by atoms with Crippen molar-refractivity contribution in [3.05, 3.63) is 34.9 Å². The molecule has 0 spiro atoms. The largest absolute Gasteiger partial charge is 0.305 e. The van der Waals surface area contributed by atoms with Gasteiger partial charge in [0.05, 0.1) is 6.04 Å². The molecule has 0 amide bonds. The first kappa shape index (κ1) is 14.5. The van der Waals surface area contributed by atoms with Crippen LogP contribution < -0.4 is 0 Å². The van der Waals surface area contributed by atoms with Gasteiger partial charge in [0.2, 0.25) is 0 Å². The van der Waals surface area contributed by atoms with E-state index in [0.717, 1.165) is 32.6 Å². The molecule has 0 N–H and O–H groups in total. The Morgan fingerprint density at radius 3 is 2.79 bits per heavy atom. The highest BCUT2D eigenvalue weighted by molar-refractivity contribution is 6.31. The second-order valence-electron chi connectivity index (χ2n) is 5.24. The van der Waals surface area contributed by atoms with Crippen LogP contribution >= 0.6 is 11.6 Å². The first-order valence-corrected chi connectivity index (χ1v) is 7.18. The maximum absolute atomic E-state index is 12.5. The predicted molar refractivity (Wildman–Crippen MR) is 78.9 cm³/mol. The zero-order valence-electron chi connectivity index (χ0n) is 11.6. The van der Waals surface area contributed by atoms with Crippen molar-refractivity contribution in [1.82, 2.24) is 9.80 Å². The standard InChI is InChI=1S/C15H21ClN2O/c1-12(18-8-4-7-17(2)9-10-18)15(19)13-5-3-6-14(16)11-13/h3,5-6,11-12H,4,7-10H2,1-2H3. The Labute approximate surface area is 120 Å². The molecule has 2 rings (SSSR count). The highest BCUT2D eigenvalue weighted by Crippen LogP contribution is 2.15. The Balaban J connectivity index is 2.06. The van der Waals surface area contributed by atoms with E-state index in [1.165, 1.54) is 0 Å². The Hall–Kier alpha value is -0.900. The first-order chi connectivity index (χ1) is 9.08. The maximum Gasteiger partial charge on any atom is 0.179 e. The molecule has 1 aliphatic heterocycles. The van der Waals surface area contributed by atoms with E-state index in [1.807, 2.05) is 19.1 Å². The molecular weight excluding hydrogens is 260 g/mol. The number of hydrogen-bond acceptors (Lipinski definition) is 3. The van der Waals surface area contributed by atoms with Crippen LogP contribution in [0.25, 0.3) is 0 Å². The van der Waals surface area contributed by atoms with Gasteiger partial charge in [0.1, 0.15) is 0 Å². The van der Waals surface area contributed by atoms with Crippen LogP contribution in [0.2, 0.25) is 5.02 Å². The van der Waals surface area contributed by atoms with Crippen molar-refractivity contribution in [1.29, 1.82) is 0 Å². The minimum absolute atomic E-state index is 0.0787. The third-order valence-corrected chi connectivity index (χ3v) is 4.03. The lowest BCUT2D eigenvalue weighted by Crippen LogP contribution is -2.41. The number of halogens is 1. The van der Waals surface area contributed by atoms with Crippen molar-refractivity contribution in [3.63, 3.8) is 0 Å². The summed E-state index contributed by atoms with van der Waals surface area (Å²) in [5.74, 6) is 0.159. The fourth-order valence-corrected chi connectivity index (χ4v) is 2.69. The third-order valence-electron chi connectivity index (χ3n) is 3.79. The van der Waals surface area contributed by atoms with Crippen molar-refractivity contribution < 1.29 is 4.79 Å². The van der Waals surface area contributed by atoms with Crippen LogP contribution in [-0.4, -0.2) is 54.9 Å². The number of Topliss-reactive ketones (excluding diaryl/α,β-unsaturated/α-hetero) is 1. The van der Waals surface area contributed by atoms with Gasteiger partial charge in [-0.15, -0.1) is 0 Å². The number of hydrogen-bond donors (Lipinski definition) is 0. The lowest BCUT2D eigenvalue weighted by molar-refractivity contribution is 0.0843. The summed E-state index contributed by atoms with van der Waals surface area (Å²) in [7, 11) is 2.13. The van der Waals surface area contributed by atoms with E-state index in [0.29, 0.717) is 10.6 Å². The molecule has 0 aliphatic carbocycles. The van der Waals surface area contributed by atoms with Gasteiger partial charge in [-0.3, -0.25) is 9.69 Å². The van der Waals surface area contributed by atoms with Crippen molar-refractivity contribution in [2.24, 2.45) is 0 Å². The minimum atomic E-state index is -0.0787. The van der Waals surface area contributed by atoms with E-state index in [4.69, 9.17) is 11.6 Å². The molecule has 104 valence electrons. The average molecular weight is 281 g/mol. The summed E-state index contributed by atoms with van der Waals surface area (Å²) in [5, 5.41) is 0.619. The van der Waals surface area contributed by atoms with Crippen molar-refractivity contribution in [3.8, 4) is 0 Å². The second kappa shape index (κ2) is 6.51. The van der Waals surface area contributed by atoms with Gasteiger partial charge < -0.3 is 4.90 Å². The lowest BCUT2D eigenvalue weighted by atomic mass is 10.0. The summed E-state index contributed by atoms with van der Waals surface area (Å²) in [6.45, 7) is 6.05. The van der Waals surface area contributed by atoms with Crippen molar-refractivity contribution in [2.45, 2.75) is 19.4 Å². The molecule has 1 saturated heterocycles. The van der Waals surface area contributed by atoms with Gasteiger partial charge in [0.25, 0.3) is 0 Å². The van der Waals surface area contributed by atoms with Crippen LogP contribution in [0.4, 0.5) is 0 Å². The molecule has 1 aromatic carbocycles. The number of nitrogens with zero attached hydrogens (tertiary/aromatic N) is 2. The number of ketones is 1. The number of likely N-dealkylation sites (N-methyl/N-ethyl adjacent to an activating group) is 1. The Morgan fingerprint density at radius 1 is 1.26 bits per heavy atom. The van der Waals surface area contributed by atoms with Gasteiger partial charge in [0, 0.05) is 30.2 Å². The van der Waals surface area contributed by atoms with Crippen LogP contribution in [0.15, 0.2) is 24.3 Å². The topological polar surface area (TPSA) is 23.6 Å². The minimum Gasteiger partial charge on any atom is -0.305 e. The summed E-state index contributed by atoms with van der Waals surface area (Å²) in [6, 6.07) is 7.14. The van der Waals surface area contributed by atoms with E-state index >= 15 is 0 Å². The van der Waals surface area contributed by atoms with E-state index in [1.54, 1.807) is 12.1 Å². The van der Waals surface area contributed by atoms with Crippen LogP contribution in [-0.2, 0) is 0 Å². The highest BCUT2D eigenvalue weighted by Gasteiger charge is 2.24. The van der Waals surface area contributed by atoms with Gasteiger partial charge in [0.15, 0.2) is 5.78 Å². The fraction of sp³-hybridized carbons (Fsp3) is 0.533. The molecule has 1 aromatic rings. The number of carbonyl (C=O) groups excluding carboxylic acids is 1. The van der Waals surface area contributed by atoms with E-state index in [-0.39, 0.29) is 11.8 Å². The van der Waals surface area contributed by atoms with Crippen LogP contribution in [0.5, 0.6) is 0 Å². The van der Waals surface area contributed by atoms with Gasteiger partial charge in [-0.2, -0.15) is 0 Å². The summed E-state index contributed by atoms with van der Waals surface area (Å²) in [4.78, 5) is 17.1. The van der Waals surface area contributed by atoms with Crippen LogP contribution in [0.1, 0.15) is 23.7 Å². The molecule has 0 bridgehead atoms. The molecule has 19 heavy (non-hydrogen) atoms.